The quantitative estimate of drug-likeness (QED) is 0.795. The number of nitrogens with zero attached hydrogens (tertiary/aromatic N) is 1. The molecule has 0 aliphatic carbocycles. The van der Waals surface area contributed by atoms with Crippen LogP contribution in [0.2, 0.25) is 0 Å². The van der Waals surface area contributed by atoms with E-state index in [1.165, 1.54) is 30.3 Å². The van der Waals surface area contributed by atoms with Gasteiger partial charge in [0.2, 0.25) is 5.91 Å². The van der Waals surface area contributed by atoms with Crippen molar-refractivity contribution in [3.8, 4) is 5.75 Å². The van der Waals surface area contributed by atoms with Crippen molar-refractivity contribution in [3.63, 3.8) is 0 Å². The van der Waals surface area contributed by atoms with Gasteiger partial charge in [-0.05, 0) is 48.4 Å². The largest absolute Gasteiger partial charge is 0.573 e. The number of anilines is 1. The Balaban J connectivity index is 2.17. The van der Waals surface area contributed by atoms with Crippen molar-refractivity contribution in [1.82, 2.24) is 0 Å². The number of benzodiazepines with no additional fused rings is 1. The molecule has 1 aliphatic rings. The van der Waals surface area contributed by atoms with E-state index < -0.39 is 24.0 Å². The van der Waals surface area contributed by atoms with Gasteiger partial charge in [0.25, 0.3) is 0 Å². The van der Waals surface area contributed by atoms with Crippen LogP contribution in [0, 0.1) is 11.7 Å². The summed E-state index contributed by atoms with van der Waals surface area (Å²) in [4.78, 5) is 17.0. The third kappa shape index (κ3) is 4.27. The molecule has 8 heteroatoms. The zero-order valence-corrected chi connectivity index (χ0v) is 14.5. The summed E-state index contributed by atoms with van der Waals surface area (Å²) in [6, 6.07) is 8.22. The average Bonchev–Trinajstić information content (AvgIpc) is 2.70. The molecule has 2 aromatic rings. The van der Waals surface area contributed by atoms with E-state index in [2.05, 4.69) is 15.0 Å². The molecule has 2 aromatic carbocycles. The van der Waals surface area contributed by atoms with Crippen LogP contribution in [-0.4, -0.2) is 24.0 Å². The lowest BCUT2D eigenvalue weighted by Gasteiger charge is -2.14. The van der Waals surface area contributed by atoms with Crippen LogP contribution < -0.4 is 10.1 Å². The van der Waals surface area contributed by atoms with Crippen molar-refractivity contribution in [2.24, 2.45) is 10.9 Å². The summed E-state index contributed by atoms with van der Waals surface area (Å²) in [5.41, 5.74) is 1.33. The molecule has 0 aromatic heterocycles. The molecular weight excluding hydrogens is 364 g/mol. The Labute approximate surface area is 152 Å². The minimum absolute atomic E-state index is 0.152. The molecule has 1 unspecified atom stereocenters. The molecule has 27 heavy (non-hydrogen) atoms. The second-order valence-electron chi connectivity index (χ2n) is 6.42. The molecule has 0 bridgehead atoms. The Morgan fingerprint density at radius 2 is 1.78 bits per heavy atom. The number of benzene rings is 2. The lowest BCUT2D eigenvalue weighted by Crippen LogP contribution is -2.30. The van der Waals surface area contributed by atoms with E-state index in [1.54, 1.807) is 0 Å². The average molecular weight is 380 g/mol. The van der Waals surface area contributed by atoms with Crippen LogP contribution in [0.15, 0.2) is 47.5 Å². The van der Waals surface area contributed by atoms with Gasteiger partial charge in [0.1, 0.15) is 17.6 Å². The second kappa shape index (κ2) is 7.02. The topological polar surface area (TPSA) is 50.7 Å². The molecule has 1 heterocycles. The Hall–Kier alpha value is -2.90. The number of hydrogen-bond acceptors (Lipinski definition) is 3. The summed E-state index contributed by atoms with van der Waals surface area (Å²) in [5, 5.41) is 2.69. The Morgan fingerprint density at radius 1 is 1.11 bits per heavy atom. The highest BCUT2D eigenvalue weighted by Gasteiger charge is 2.33. The predicted octanol–water partition coefficient (Wildman–Crippen LogP) is 4.54. The molecular formula is C19H16F4N2O2. The van der Waals surface area contributed by atoms with Gasteiger partial charge in [-0.2, -0.15) is 0 Å². The lowest BCUT2D eigenvalue weighted by molar-refractivity contribution is -0.274. The highest BCUT2D eigenvalue weighted by atomic mass is 19.4. The maximum atomic E-state index is 13.3. The number of aliphatic imine (C=N–C) groups is 1. The molecule has 0 fully saturated rings. The summed E-state index contributed by atoms with van der Waals surface area (Å²) in [7, 11) is 0. The standard InChI is InChI=1S/C19H16F4N2O2/c1-10(2)16-18(26)24-15-8-7-13(27-19(21,22)23)9-14(15)17(25-16)11-3-5-12(20)6-4-11/h3-10,16H,1-2H3,(H,24,26). The molecule has 1 amide bonds. The second-order valence-corrected chi connectivity index (χ2v) is 6.42. The fourth-order valence-electron chi connectivity index (χ4n) is 2.79. The molecule has 0 saturated carbocycles. The fourth-order valence-corrected chi connectivity index (χ4v) is 2.79. The predicted molar refractivity (Wildman–Crippen MR) is 92.4 cm³/mol. The maximum absolute atomic E-state index is 13.3. The van der Waals surface area contributed by atoms with Gasteiger partial charge in [0.05, 0.1) is 11.4 Å². The maximum Gasteiger partial charge on any atom is 0.573 e. The molecule has 1 aliphatic heterocycles. The zero-order valence-electron chi connectivity index (χ0n) is 14.5. The summed E-state index contributed by atoms with van der Waals surface area (Å²) in [5.74, 6) is -1.42. The van der Waals surface area contributed by atoms with E-state index in [4.69, 9.17) is 0 Å². The number of amides is 1. The van der Waals surface area contributed by atoms with E-state index >= 15 is 0 Å². The van der Waals surface area contributed by atoms with Gasteiger partial charge in [0, 0.05) is 11.1 Å². The molecule has 0 radical (unpaired) electrons. The van der Waals surface area contributed by atoms with Crippen molar-refractivity contribution < 1.29 is 27.1 Å². The van der Waals surface area contributed by atoms with Gasteiger partial charge in [-0.1, -0.05) is 13.8 Å². The summed E-state index contributed by atoms with van der Waals surface area (Å²) < 4.78 is 55.0. The number of ether oxygens (including phenoxy) is 1. The number of nitrogens with one attached hydrogen (secondary N) is 1. The number of fused-ring (bicyclic) bond motifs is 1. The van der Waals surface area contributed by atoms with Crippen molar-refractivity contribution in [1.29, 1.82) is 0 Å². The van der Waals surface area contributed by atoms with E-state index in [1.807, 2.05) is 13.8 Å². The first-order chi connectivity index (χ1) is 12.6. The van der Waals surface area contributed by atoms with E-state index in [0.717, 1.165) is 12.1 Å². The van der Waals surface area contributed by atoms with Crippen molar-refractivity contribution >= 4 is 17.3 Å². The van der Waals surface area contributed by atoms with Gasteiger partial charge in [-0.3, -0.25) is 9.79 Å². The number of alkyl halides is 3. The normalized spacial score (nSPS) is 17.1. The fraction of sp³-hybridized carbons (Fsp3) is 0.263. The van der Waals surface area contributed by atoms with Crippen LogP contribution in [0.4, 0.5) is 23.2 Å². The van der Waals surface area contributed by atoms with Gasteiger partial charge < -0.3 is 10.1 Å². The number of carbonyl (C=O) groups is 1. The molecule has 0 spiro atoms. The van der Waals surface area contributed by atoms with Crippen LogP contribution in [0.3, 0.4) is 0 Å². The Bertz CT molecular complexity index is 890. The van der Waals surface area contributed by atoms with Crippen LogP contribution in [-0.2, 0) is 4.79 Å². The van der Waals surface area contributed by atoms with E-state index in [0.29, 0.717) is 11.3 Å². The molecule has 142 valence electrons. The first-order valence-corrected chi connectivity index (χ1v) is 8.19. The SMILES string of the molecule is CC(C)C1N=C(c2ccc(F)cc2)c2cc(OC(F)(F)F)ccc2NC1=O. The smallest absolute Gasteiger partial charge is 0.406 e. The first kappa shape index (κ1) is 18.9. The van der Waals surface area contributed by atoms with Gasteiger partial charge >= 0.3 is 6.36 Å². The van der Waals surface area contributed by atoms with Gasteiger partial charge in [-0.15, -0.1) is 13.2 Å². The summed E-state index contributed by atoms with van der Waals surface area (Å²) in [6.07, 6.45) is -4.85. The zero-order chi connectivity index (χ0) is 19.8. The minimum atomic E-state index is -4.85. The van der Waals surface area contributed by atoms with E-state index in [-0.39, 0.29) is 23.1 Å². The highest BCUT2D eigenvalue weighted by molar-refractivity contribution is 6.19. The van der Waals surface area contributed by atoms with Crippen LogP contribution >= 0.6 is 0 Å². The van der Waals surface area contributed by atoms with Crippen LogP contribution in [0.5, 0.6) is 5.75 Å². The third-order valence-corrected chi connectivity index (χ3v) is 4.02. The molecule has 3 rings (SSSR count). The van der Waals surface area contributed by atoms with E-state index in [9.17, 15) is 22.4 Å². The third-order valence-electron chi connectivity index (χ3n) is 4.02. The monoisotopic (exact) mass is 380 g/mol. The van der Waals surface area contributed by atoms with Crippen molar-refractivity contribution in [2.45, 2.75) is 26.3 Å². The van der Waals surface area contributed by atoms with Crippen LogP contribution in [0.1, 0.15) is 25.0 Å². The Kier molecular flexibility index (Phi) is 4.91. The number of hydrogen-bond donors (Lipinski definition) is 1. The molecule has 1 atom stereocenters. The van der Waals surface area contributed by atoms with Crippen molar-refractivity contribution in [2.75, 3.05) is 5.32 Å². The van der Waals surface area contributed by atoms with Crippen LogP contribution in [0.25, 0.3) is 0 Å². The Morgan fingerprint density at radius 3 is 2.37 bits per heavy atom. The number of halogens is 4. The summed E-state index contributed by atoms with van der Waals surface area (Å²) >= 11 is 0. The molecule has 4 nitrogen and oxygen atoms in total. The minimum Gasteiger partial charge on any atom is -0.406 e. The molecule has 0 saturated heterocycles. The highest BCUT2D eigenvalue weighted by Crippen LogP contribution is 2.31. The van der Waals surface area contributed by atoms with Crippen molar-refractivity contribution in [3.05, 3.63) is 59.4 Å². The molecule has 1 N–H and O–H groups in total. The number of carbonyl (C=O) groups excluding carboxylic acids is 1. The van der Waals surface area contributed by atoms with Gasteiger partial charge in [-0.25, -0.2) is 4.39 Å². The number of rotatable bonds is 3. The first-order valence-electron chi connectivity index (χ1n) is 8.19. The lowest BCUT2D eigenvalue weighted by atomic mass is 9.99. The van der Waals surface area contributed by atoms with Gasteiger partial charge in [0.15, 0.2) is 0 Å². The summed E-state index contributed by atoms with van der Waals surface area (Å²) in [6.45, 7) is 3.62.